The largest absolute Gasteiger partial charge is 0.481 e. The molecule has 6 nitrogen and oxygen atoms in total. The molecule has 4 N–H and O–H groups in total. The molecular formula is C21H22ClFN2O4. The van der Waals surface area contributed by atoms with Gasteiger partial charge in [-0.1, -0.05) is 35.9 Å². The van der Waals surface area contributed by atoms with Crippen LogP contribution in [0, 0.1) is 11.2 Å². The number of likely N-dealkylation sites (tertiary alicyclic amines) is 1. The van der Waals surface area contributed by atoms with Gasteiger partial charge in [-0.15, -0.1) is 0 Å². The van der Waals surface area contributed by atoms with Crippen LogP contribution in [0.5, 0.6) is 0 Å². The number of aliphatic carboxylic acids is 1. The normalized spacial score (nSPS) is 19.9. The fourth-order valence-electron chi connectivity index (χ4n) is 3.88. The number of hydrogen-bond donors (Lipinski definition) is 3. The van der Waals surface area contributed by atoms with E-state index in [9.17, 15) is 19.1 Å². The lowest BCUT2D eigenvalue weighted by Crippen LogP contribution is -2.41. The Labute approximate surface area is 172 Å². The third kappa shape index (κ3) is 4.68. The van der Waals surface area contributed by atoms with Crippen molar-refractivity contribution in [2.45, 2.75) is 25.3 Å². The Morgan fingerprint density at radius 2 is 1.90 bits per heavy atom. The third-order valence-corrected chi connectivity index (χ3v) is 5.66. The molecule has 2 aromatic rings. The topological polar surface area (TPSA) is 104 Å². The Kier molecular flexibility index (Phi) is 6.10. The van der Waals surface area contributed by atoms with E-state index in [2.05, 4.69) is 0 Å². The van der Waals surface area contributed by atoms with Crippen molar-refractivity contribution in [2.24, 2.45) is 11.1 Å². The molecule has 1 aliphatic rings. The SMILES string of the molecule is N[C@H](Cc1ccc(-c2cc(Cl)ccc2F)cc1)CC1(C(=O)O)CCN(C(=O)O)C1. The number of amides is 1. The molecule has 1 unspecified atom stereocenters. The van der Waals surface area contributed by atoms with Gasteiger partial charge in [-0.05, 0) is 48.6 Å². The highest BCUT2D eigenvalue weighted by Gasteiger charge is 2.47. The highest BCUT2D eigenvalue weighted by molar-refractivity contribution is 6.30. The predicted molar refractivity (Wildman–Crippen MR) is 107 cm³/mol. The van der Waals surface area contributed by atoms with Crippen LogP contribution in [0.25, 0.3) is 11.1 Å². The molecule has 2 atom stereocenters. The molecule has 0 radical (unpaired) electrons. The summed E-state index contributed by atoms with van der Waals surface area (Å²) in [6, 6.07) is 11.1. The average molecular weight is 421 g/mol. The first-order valence-corrected chi connectivity index (χ1v) is 9.59. The molecular weight excluding hydrogens is 399 g/mol. The fourth-order valence-corrected chi connectivity index (χ4v) is 4.05. The number of carbonyl (C=O) groups is 2. The first-order chi connectivity index (χ1) is 13.7. The Hall–Kier alpha value is -2.64. The van der Waals surface area contributed by atoms with Gasteiger partial charge in [-0.2, -0.15) is 0 Å². The van der Waals surface area contributed by atoms with Crippen molar-refractivity contribution in [1.29, 1.82) is 0 Å². The number of halogens is 2. The molecule has 0 bridgehead atoms. The smallest absolute Gasteiger partial charge is 0.407 e. The van der Waals surface area contributed by atoms with Crippen LogP contribution in [0.2, 0.25) is 5.02 Å². The van der Waals surface area contributed by atoms with E-state index < -0.39 is 23.5 Å². The lowest BCUT2D eigenvalue weighted by atomic mass is 9.79. The van der Waals surface area contributed by atoms with Gasteiger partial charge in [0, 0.05) is 29.7 Å². The predicted octanol–water partition coefficient (Wildman–Crippen LogP) is 3.86. The van der Waals surface area contributed by atoms with Gasteiger partial charge in [0.15, 0.2) is 0 Å². The molecule has 3 rings (SSSR count). The molecule has 2 aromatic carbocycles. The maximum absolute atomic E-state index is 14.0. The van der Waals surface area contributed by atoms with E-state index in [-0.39, 0.29) is 31.7 Å². The van der Waals surface area contributed by atoms with E-state index in [0.29, 0.717) is 22.6 Å². The van der Waals surface area contributed by atoms with Crippen molar-refractivity contribution < 1.29 is 24.2 Å². The van der Waals surface area contributed by atoms with Crippen molar-refractivity contribution in [2.75, 3.05) is 13.1 Å². The van der Waals surface area contributed by atoms with Crippen LogP contribution >= 0.6 is 11.6 Å². The van der Waals surface area contributed by atoms with E-state index >= 15 is 0 Å². The maximum atomic E-state index is 14.0. The molecule has 154 valence electrons. The zero-order valence-corrected chi connectivity index (χ0v) is 16.4. The van der Waals surface area contributed by atoms with Gasteiger partial charge in [-0.25, -0.2) is 9.18 Å². The van der Waals surface area contributed by atoms with Gasteiger partial charge in [0.1, 0.15) is 5.82 Å². The number of hydrogen-bond acceptors (Lipinski definition) is 3. The summed E-state index contributed by atoms with van der Waals surface area (Å²) in [4.78, 5) is 24.1. The minimum atomic E-state index is -1.17. The lowest BCUT2D eigenvalue weighted by molar-refractivity contribution is -0.148. The van der Waals surface area contributed by atoms with Gasteiger partial charge >= 0.3 is 12.1 Å². The van der Waals surface area contributed by atoms with Gasteiger partial charge in [0.2, 0.25) is 0 Å². The fraction of sp³-hybridized carbons (Fsp3) is 0.333. The highest BCUT2D eigenvalue weighted by Crippen LogP contribution is 2.36. The minimum absolute atomic E-state index is 0.0572. The van der Waals surface area contributed by atoms with Crippen molar-refractivity contribution >= 4 is 23.7 Å². The maximum Gasteiger partial charge on any atom is 0.407 e. The van der Waals surface area contributed by atoms with Crippen LogP contribution in [0.15, 0.2) is 42.5 Å². The minimum Gasteiger partial charge on any atom is -0.481 e. The summed E-state index contributed by atoms with van der Waals surface area (Å²) in [5.74, 6) is -1.39. The molecule has 8 heteroatoms. The van der Waals surface area contributed by atoms with E-state index in [0.717, 1.165) is 10.5 Å². The molecule has 1 fully saturated rings. The van der Waals surface area contributed by atoms with Crippen LogP contribution in [0.1, 0.15) is 18.4 Å². The van der Waals surface area contributed by atoms with Crippen LogP contribution in [-0.4, -0.2) is 46.3 Å². The summed E-state index contributed by atoms with van der Waals surface area (Å²) in [6.45, 7) is 0.132. The standard InChI is InChI=1S/C21H22ClFN2O4/c22-15-5-6-18(23)17(10-15)14-3-1-13(2-4-14)9-16(24)11-21(19(26)27)7-8-25(12-21)20(28)29/h1-6,10,16H,7-9,11-12,24H2,(H,26,27)(H,28,29)/t16-,21?/m1/s1. The summed E-state index contributed by atoms with van der Waals surface area (Å²) < 4.78 is 14.0. The molecule has 29 heavy (non-hydrogen) atoms. The van der Waals surface area contributed by atoms with Crippen molar-refractivity contribution in [3.05, 3.63) is 58.9 Å². The second-order valence-electron chi connectivity index (χ2n) is 7.53. The van der Waals surface area contributed by atoms with Crippen molar-refractivity contribution in [3.8, 4) is 11.1 Å². The van der Waals surface area contributed by atoms with Crippen LogP contribution in [-0.2, 0) is 11.2 Å². The number of carboxylic acid groups (broad SMARTS) is 2. The molecule has 1 saturated heterocycles. The molecule has 1 amide bonds. The quantitative estimate of drug-likeness (QED) is 0.658. The number of carboxylic acids is 1. The summed E-state index contributed by atoms with van der Waals surface area (Å²) >= 11 is 5.94. The van der Waals surface area contributed by atoms with Gasteiger partial charge in [0.05, 0.1) is 5.41 Å². The number of rotatable bonds is 6. The molecule has 0 saturated carbocycles. The van der Waals surface area contributed by atoms with E-state index in [1.807, 2.05) is 12.1 Å². The average Bonchev–Trinajstić information content (AvgIpc) is 3.10. The third-order valence-electron chi connectivity index (χ3n) is 5.42. The summed E-state index contributed by atoms with van der Waals surface area (Å²) in [5, 5.41) is 19.2. The van der Waals surface area contributed by atoms with Crippen molar-refractivity contribution in [1.82, 2.24) is 4.90 Å². The molecule has 0 spiro atoms. The van der Waals surface area contributed by atoms with E-state index in [4.69, 9.17) is 22.4 Å². The second-order valence-corrected chi connectivity index (χ2v) is 7.97. The lowest BCUT2D eigenvalue weighted by Gasteiger charge is -2.27. The molecule has 1 heterocycles. The van der Waals surface area contributed by atoms with Gasteiger partial charge in [0.25, 0.3) is 0 Å². The number of nitrogens with two attached hydrogens (primary N) is 1. The zero-order valence-electron chi connectivity index (χ0n) is 15.6. The van der Waals surface area contributed by atoms with Crippen LogP contribution in [0.3, 0.4) is 0 Å². The van der Waals surface area contributed by atoms with Crippen LogP contribution in [0.4, 0.5) is 9.18 Å². The first-order valence-electron chi connectivity index (χ1n) is 9.21. The molecule has 0 aromatic heterocycles. The van der Waals surface area contributed by atoms with E-state index in [1.54, 1.807) is 18.2 Å². The Balaban J connectivity index is 1.69. The Morgan fingerprint density at radius 3 is 2.48 bits per heavy atom. The Bertz CT molecular complexity index is 921. The number of benzene rings is 2. The zero-order chi connectivity index (χ0) is 21.2. The highest BCUT2D eigenvalue weighted by atomic mass is 35.5. The Morgan fingerprint density at radius 1 is 1.21 bits per heavy atom. The van der Waals surface area contributed by atoms with Crippen LogP contribution < -0.4 is 5.73 Å². The molecule has 1 aliphatic heterocycles. The van der Waals surface area contributed by atoms with E-state index in [1.165, 1.54) is 12.1 Å². The molecule has 0 aliphatic carbocycles. The van der Waals surface area contributed by atoms with Crippen molar-refractivity contribution in [3.63, 3.8) is 0 Å². The van der Waals surface area contributed by atoms with Gasteiger partial charge in [-0.3, -0.25) is 4.79 Å². The second kappa shape index (κ2) is 8.39. The summed E-state index contributed by atoms with van der Waals surface area (Å²) in [7, 11) is 0. The summed E-state index contributed by atoms with van der Waals surface area (Å²) in [6.07, 6.45) is -0.266. The number of nitrogens with zero attached hydrogens (tertiary/aromatic N) is 1. The first kappa shape index (κ1) is 21.1. The van der Waals surface area contributed by atoms with Gasteiger partial charge < -0.3 is 20.8 Å². The monoisotopic (exact) mass is 420 g/mol. The summed E-state index contributed by atoms with van der Waals surface area (Å²) in [5.41, 5.74) is 7.02.